The first-order valence-corrected chi connectivity index (χ1v) is 29.5. The van der Waals surface area contributed by atoms with Gasteiger partial charge >= 0.3 is 5.97 Å². The minimum atomic E-state index is -1.67. The summed E-state index contributed by atoms with van der Waals surface area (Å²) in [7, 11) is 0. The number of nitrogens with one attached hydrogen (secondary N) is 8. The maximum atomic E-state index is 15.1. The third-order valence-corrected chi connectivity index (χ3v) is 14.3. The van der Waals surface area contributed by atoms with E-state index in [1.54, 1.807) is 66.7 Å². The molecule has 1 aliphatic heterocycles. The molecule has 0 saturated carbocycles. The van der Waals surface area contributed by atoms with Gasteiger partial charge in [-0.05, 0) is 85.3 Å². The fourth-order valence-corrected chi connectivity index (χ4v) is 9.73. The maximum absolute atomic E-state index is 15.1. The molecule has 25 N–H and O–H groups in total. The zero-order valence-corrected chi connectivity index (χ0v) is 50.0. The highest BCUT2D eigenvalue weighted by atomic mass is 16.4. The first-order valence-electron chi connectivity index (χ1n) is 29.5. The lowest BCUT2D eigenvalue weighted by Gasteiger charge is -2.29. The Morgan fingerprint density at radius 2 is 0.600 bits per heavy atom. The molecule has 8 amide bonds. The molecule has 484 valence electrons. The molecule has 1 fully saturated rings. The number of benzene rings is 4. The van der Waals surface area contributed by atoms with E-state index in [1.165, 1.54) is 0 Å². The molecule has 90 heavy (non-hydrogen) atoms. The van der Waals surface area contributed by atoms with Crippen LogP contribution in [-0.2, 0) is 62.4 Å². The number of carbonyl (C=O) groups is 9. The molecular weight excluding hydrogens is 1160 g/mol. The van der Waals surface area contributed by atoms with Crippen molar-refractivity contribution in [2.45, 2.75) is 132 Å². The molecule has 0 aliphatic carbocycles. The highest BCUT2D eigenvalue weighted by Crippen LogP contribution is 2.18. The van der Waals surface area contributed by atoms with Crippen LogP contribution in [0.3, 0.4) is 0 Å². The number of amides is 8. The molecular formula is C60H84N20O10. The van der Waals surface area contributed by atoms with E-state index in [9.17, 15) is 38.7 Å². The van der Waals surface area contributed by atoms with Crippen LogP contribution in [-0.4, -0.2) is 157 Å². The Bertz CT molecular complexity index is 3200. The van der Waals surface area contributed by atoms with Crippen LogP contribution in [0, 0.1) is 0 Å². The third kappa shape index (κ3) is 25.0. The van der Waals surface area contributed by atoms with Gasteiger partial charge in [0.25, 0.3) is 0 Å². The first-order chi connectivity index (χ1) is 43.0. The lowest BCUT2D eigenvalue weighted by Crippen LogP contribution is -2.62. The summed E-state index contributed by atoms with van der Waals surface area (Å²) in [6, 6.07) is 18.0. The van der Waals surface area contributed by atoms with Gasteiger partial charge in [-0.1, -0.05) is 103 Å². The van der Waals surface area contributed by atoms with Gasteiger partial charge in [-0.2, -0.15) is 0 Å². The Kier molecular flexibility index (Phi) is 28.5. The molecule has 4 aromatic rings. The van der Waals surface area contributed by atoms with Crippen molar-refractivity contribution in [2.75, 3.05) is 26.2 Å². The summed E-state index contributed by atoms with van der Waals surface area (Å²) in [5.74, 6) is -9.70. The molecule has 1 aliphatic rings. The Labute approximate surface area is 520 Å². The van der Waals surface area contributed by atoms with Gasteiger partial charge in [0.15, 0.2) is 23.8 Å². The molecule has 30 heteroatoms. The van der Waals surface area contributed by atoms with Crippen molar-refractivity contribution in [3.63, 3.8) is 0 Å². The van der Waals surface area contributed by atoms with Crippen molar-refractivity contribution in [3.8, 4) is 0 Å². The summed E-state index contributed by atoms with van der Waals surface area (Å²) in [6.07, 6.45) is -2.00. The summed E-state index contributed by atoms with van der Waals surface area (Å²) < 4.78 is 0. The third-order valence-electron chi connectivity index (χ3n) is 14.3. The van der Waals surface area contributed by atoms with E-state index in [1.807, 2.05) is 36.4 Å². The number of nitrogens with two attached hydrogens (primary N) is 8. The maximum Gasteiger partial charge on any atom is 0.303 e. The number of carbonyl (C=O) groups excluding carboxylic acids is 8. The summed E-state index contributed by atoms with van der Waals surface area (Å²) in [5.41, 5.74) is 46.6. The van der Waals surface area contributed by atoms with Gasteiger partial charge in [0, 0.05) is 51.9 Å². The molecule has 0 unspecified atom stereocenters. The van der Waals surface area contributed by atoms with Gasteiger partial charge in [-0.25, -0.2) is 0 Å². The second-order valence-corrected chi connectivity index (χ2v) is 21.5. The molecule has 0 bridgehead atoms. The molecule has 1 heterocycles. The number of hydrogen-bond acceptors (Lipinski definition) is 13. The van der Waals surface area contributed by atoms with E-state index in [4.69, 9.17) is 45.9 Å². The standard InChI is InChI=1S/C60H84N20O10/c61-57(62)69-27-9-19-40-50(84)75-42(21-11-29-71-59(65)66)52(86)77-44(25-26-48(81)82)53(87)78-45(32-35-13-3-1-4-14-35)55(89)79-46(33-36-15-5-2-6-16-36)56(90)80-47(34-37-23-24-38-17-7-8-18-39(38)31-37)54(88)76-43(22-12-30-72-60(67)68)51(85)74-41(49(83)73-40)20-10-28-70-58(63)64/h1-8,13-18,23-24,31,40-47H,9-12,19-22,25-30,32-34H2,(H,73,83)(H,74,85)(H,75,84)(H,76,88)(H,77,86)(H,78,87)(H,79,89)(H,80,90)(H,81,82)(H4,61,62,69)(H4,63,64,70)(H4,65,66,71)(H4,67,68,72)/t40-,41+,42+,43-,44-,45-,46+,47-/m0/s1. The Morgan fingerprint density at radius 1 is 0.333 bits per heavy atom. The number of hydrogen-bond donors (Lipinski definition) is 17. The summed E-state index contributed by atoms with van der Waals surface area (Å²) in [5, 5.41) is 33.3. The number of aliphatic imine (C=N–C) groups is 4. The number of guanidine groups is 4. The van der Waals surface area contributed by atoms with E-state index in [-0.39, 0.29) is 121 Å². The number of carboxylic acids is 1. The van der Waals surface area contributed by atoms with Crippen LogP contribution < -0.4 is 88.4 Å². The quantitative estimate of drug-likeness (QED) is 0.0177. The molecule has 0 spiro atoms. The van der Waals surface area contributed by atoms with Crippen LogP contribution in [0.4, 0.5) is 0 Å². The Morgan fingerprint density at radius 3 is 0.911 bits per heavy atom. The van der Waals surface area contributed by atoms with E-state index in [0.717, 1.165) is 10.8 Å². The Balaban J connectivity index is 1.70. The number of aliphatic carboxylic acids is 1. The molecule has 0 radical (unpaired) electrons. The number of rotatable bonds is 25. The largest absolute Gasteiger partial charge is 0.481 e. The number of fused-ring (bicyclic) bond motifs is 1. The van der Waals surface area contributed by atoms with Crippen molar-refractivity contribution in [3.05, 3.63) is 120 Å². The van der Waals surface area contributed by atoms with E-state index in [2.05, 4.69) is 62.5 Å². The zero-order valence-electron chi connectivity index (χ0n) is 50.0. The van der Waals surface area contributed by atoms with Crippen LogP contribution >= 0.6 is 0 Å². The number of nitrogens with zero attached hydrogens (tertiary/aromatic N) is 4. The van der Waals surface area contributed by atoms with Gasteiger partial charge < -0.3 is 93.5 Å². The van der Waals surface area contributed by atoms with Crippen LogP contribution in [0.1, 0.15) is 80.9 Å². The van der Waals surface area contributed by atoms with Crippen LogP contribution in [0.5, 0.6) is 0 Å². The molecule has 30 nitrogen and oxygen atoms in total. The zero-order chi connectivity index (χ0) is 65.5. The van der Waals surface area contributed by atoms with Gasteiger partial charge in [0.05, 0.1) is 0 Å². The average Bonchev–Trinajstić information content (AvgIpc) is 1.49. The minimum Gasteiger partial charge on any atom is -0.481 e. The molecule has 4 aromatic carbocycles. The summed E-state index contributed by atoms with van der Waals surface area (Å²) >= 11 is 0. The van der Waals surface area contributed by atoms with E-state index >= 15 is 9.59 Å². The van der Waals surface area contributed by atoms with Crippen molar-refractivity contribution >= 4 is 87.8 Å². The van der Waals surface area contributed by atoms with Gasteiger partial charge in [0.1, 0.15) is 48.3 Å². The topological polar surface area (TPSA) is 528 Å². The van der Waals surface area contributed by atoms with Gasteiger partial charge in [0.2, 0.25) is 47.3 Å². The smallest absolute Gasteiger partial charge is 0.303 e. The molecule has 0 aromatic heterocycles. The van der Waals surface area contributed by atoms with Gasteiger partial charge in [-0.3, -0.25) is 63.1 Å². The first kappa shape index (κ1) is 70.2. The fraction of sp³-hybridized carbons (Fsp3) is 0.417. The highest BCUT2D eigenvalue weighted by molar-refractivity contribution is 5.99. The van der Waals surface area contributed by atoms with Crippen molar-refractivity contribution < 1.29 is 48.3 Å². The van der Waals surface area contributed by atoms with Crippen molar-refractivity contribution in [2.24, 2.45) is 65.8 Å². The van der Waals surface area contributed by atoms with Crippen LogP contribution in [0.25, 0.3) is 10.8 Å². The van der Waals surface area contributed by atoms with Crippen LogP contribution in [0.15, 0.2) is 123 Å². The fourth-order valence-electron chi connectivity index (χ4n) is 9.73. The molecule has 8 atom stereocenters. The second kappa shape index (κ2) is 36.6. The van der Waals surface area contributed by atoms with E-state index < -0.39 is 114 Å². The lowest BCUT2D eigenvalue weighted by atomic mass is 9.99. The predicted octanol–water partition coefficient (Wildman–Crippen LogP) is -3.16. The summed E-state index contributed by atoms with van der Waals surface area (Å²) in [6.45, 7) is -0.0723. The van der Waals surface area contributed by atoms with Gasteiger partial charge in [-0.15, -0.1) is 0 Å². The highest BCUT2D eigenvalue weighted by Gasteiger charge is 2.36. The lowest BCUT2D eigenvalue weighted by molar-refractivity contribution is -0.139. The van der Waals surface area contributed by atoms with Crippen molar-refractivity contribution in [1.29, 1.82) is 0 Å². The normalized spacial score (nSPS) is 20.8. The minimum absolute atomic E-state index is 0.00118. The molecule has 5 rings (SSSR count). The van der Waals surface area contributed by atoms with Crippen LogP contribution in [0.2, 0.25) is 0 Å². The Hall–Kier alpha value is -10.5. The summed E-state index contributed by atoms with van der Waals surface area (Å²) in [4.78, 5) is 147. The second-order valence-electron chi connectivity index (χ2n) is 21.5. The number of carboxylic acid groups (broad SMARTS) is 1. The average molecular weight is 1250 g/mol. The SMILES string of the molecule is NC(N)=NCCC[C@@H]1NC(=O)[C@H](Cc2ccc3ccccc3c2)NC(=O)[C@@H](Cc2ccccc2)NC(=O)[C@H](Cc2ccccc2)NC(=O)[C@H](CCC(=O)O)NC(=O)[C@@H](CCCN=C(N)N)NC(=O)[C@H](CCCN=C(N)N)NC(=O)[C@@H](CCCN=C(N)N)NC1=O. The van der Waals surface area contributed by atoms with E-state index in [0.29, 0.717) is 16.7 Å². The molecule has 1 saturated heterocycles. The monoisotopic (exact) mass is 1240 g/mol. The predicted molar refractivity (Wildman–Crippen MR) is 340 cm³/mol. The van der Waals surface area contributed by atoms with Crippen molar-refractivity contribution in [1.82, 2.24) is 42.5 Å².